The van der Waals surface area contributed by atoms with E-state index in [0.29, 0.717) is 13.0 Å². The summed E-state index contributed by atoms with van der Waals surface area (Å²) in [4.78, 5) is 14.1. The lowest BCUT2D eigenvalue weighted by molar-refractivity contribution is -0.121. The minimum atomic E-state index is 0.0785. The molecule has 0 aliphatic rings. The fraction of sp³-hybridized carbons (Fsp3) is 0.588. The van der Waals surface area contributed by atoms with Gasteiger partial charge in [-0.15, -0.1) is 0 Å². The van der Waals surface area contributed by atoms with Crippen LogP contribution in [0.4, 0.5) is 0 Å². The van der Waals surface area contributed by atoms with Gasteiger partial charge in [-0.25, -0.2) is 0 Å². The van der Waals surface area contributed by atoms with Crippen LogP contribution < -0.4 is 10.1 Å². The molecule has 0 aromatic heterocycles. The van der Waals surface area contributed by atoms with E-state index in [9.17, 15) is 4.79 Å². The summed E-state index contributed by atoms with van der Waals surface area (Å²) in [7, 11) is 5.75. The molecule has 0 atom stereocenters. The van der Waals surface area contributed by atoms with Gasteiger partial charge in [0, 0.05) is 19.5 Å². The van der Waals surface area contributed by atoms with Crippen LogP contribution in [0.5, 0.6) is 5.75 Å². The second kappa shape index (κ2) is 8.03. The zero-order chi connectivity index (χ0) is 15.9. The topological polar surface area (TPSA) is 41.6 Å². The molecule has 1 rings (SSSR count). The lowest BCUT2D eigenvalue weighted by atomic mass is 9.93. The smallest absolute Gasteiger partial charge is 0.220 e. The van der Waals surface area contributed by atoms with Crippen LogP contribution in [0.3, 0.4) is 0 Å². The molecule has 4 heteroatoms. The van der Waals surface area contributed by atoms with Gasteiger partial charge in [0.1, 0.15) is 5.75 Å². The Hall–Kier alpha value is -1.55. The minimum absolute atomic E-state index is 0.0785. The van der Waals surface area contributed by atoms with E-state index in [-0.39, 0.29) is 11.3 Å². The first kappa shape index (κ1) is 17.5. The molecule has 0 saturated carbocycles. The van der Waals surface area contributed by atoms with Crippen LogP contribution in [0, 0.1) is 5.41 Å². The maximum atomic E-state index is 11.9. The molecule has 0 aliphatic heterocycles. The summed E-state index contributed by atoms with van der Waals surface area (Å²) in [6, 6.07) is 7.86. The third kappa shape index (κ3) is 7.14. The molecular weight excluding hydrogens is 264 g/mol. The van der Waals surface area contributed by atoms with Gasteiger partial charge in [-0.1, -0.05) is 26.0 Å². The Morgan fingerprint density at radius 1 is 1.33 bits per heavy atom. The number of carbonyl (C=O) groups is 1. The van der Waals surface area contributed by atoms with Gasteiger partial charge in [0.15, 0.2) is 0 Å². The number of benzene rings is 1. The monoisotopic (exact) mass is 292 g/mol. The molecule has 0 saturated heterocycles. The average Bonchev–Trinajstić information content (AvgIpc) is 2.42. The van der Waals surface area contributed by atoms with E-state index >= 15 is 0 Å². The van der Waals surface area contributed by atoms with Gasteiger partial charge in [-0.3, -0.25) is 4.79 Å². The van der Waals surface area contributed by atoms with Crippen molar-refractivity contribution in [2.75, 3.05) is 34.3 Å². The molecule has 0 spiro atoms. The first-order valence-electron chi connectivity index (χ1n) is 7.37. The zero-order valence-electron chi connectivity index (χ0n) is 13.9. The van der Waals surface area contributed by atoms with Gasteiger partial charge in [0.05, 0.1) is 7.11 Å². The van der Waals surface area contributed by atoms with E-state index in [2.05, 4.69) is 24.1 Å². The molecule has 0 aliphatic carbocycles. The summed E-state index contributed by atoms with van der Waals surface area (Å²) in [5.41, 5.74) is 1.20. The highest BCUT2D eigenvalue weighted by Crippen LogP contribution is 2.15. The van der Waals surface area contributed by atoms with Crippen LogP contribution in [0.15, 0.2) is 24.3 Å². The summed E-state index contributed by atoms with van der Waals surface area (Å²) in [5, 5.41) is 3.03. The average molecular weight is 292 g/mol. The number of ether oxygens (including phenoxy) is 1. The molecular formula is C17H28N2O2. The van der Waals surface area contributed by atoms with Crippen LogP contribution in [-0.2, 0) is 11.2 Å². The molecule has 118 valence electrons. The SMILES string of the molecule is COc1cccc(CCC(=O)NCC(C)(C)CN(C)C)c1. The summed E-state index contributed by atoms with van der Waals surface area (Å²) in [5.74, 6) is 0.935. The second-order valence-corrected chi connectivity index (χ2v) is 6.53. The van der Waals surface area contributed by atoms with E-state index in [1.165, 1.54) is 0 Å². The molecule has 1 aromatic rings. The molecule has 1 N–H and O–H groups in total. The standard InChI is InChI=1S/C17H28N2O2/c1-17(2,13-19(3)4)12-18-16(20)10-9-14-7-6-8-15(11-14)21-5/h6-8,11H,9-10,12-13H2,1-5H3,(H,18,20). The summed E-state index contributed by atoms with van der Waals surface area (Å²) < 4.78 is 5.19. The van der Waals surface area contributed by atoms with E-state index in [0.717, 1.165) is 24.3 Å². The van der Waals surface area contributed by atoms with Crippen molar-refractivity contribution in [3.05, 3.63) is 29.8 Å². The van der Waals surface area contributed by atoms with Gasteiger partial charge in [0.25, 0.3) is 0 Å². The number of hydrogen-bond acceptors (Lipinski definition) is 3. The quantitative estimate of drug-likeness (QED) is 0.799. The fourth-order valence-electron chi connectivity index (χ4n) is 2.42. The number of nitrogens with one attached hydrogen (secondary N) is 1. The fourth-order valence-corrected chi connectivity index (χ4v) is 2.42. The maximum absolute atomic E-state index is 11.9. The molecule has 4 nitrogen and oxygen atoms in total. The van der Waals surface area contributed by atoms with Crippen molar-refractivity contribution in [3.63, 3.8) is 0 Å². The Labute approximate surface area is 128 Å². The van der Waals surface area contributed by atoms with E-state index in [4.69, 9.17) is 4.74 Å². The van der Waals surface area contributed by atoms with Crippen molar-refractivity contribution >= 4 is 5.91 Å². The molecule has 0 radical (unpaired) electrons. The highest BCUT2D eigenvalue weighted by atomic mass is 16.5. The van der Waals surface area contributed by atoms with Crippen molar-refractivity contribution in [1.82, 2.24) is 10.2 Å². The summed E-state index contributed by atoms with van der Waals surface area (Å²) in [6.45, 7) is 5.97. The van der Waals surface area contributed by atoms with Gasteiger partial charge in [0.2, 0.25) is 5.91 Å². The minimum Gasteiger partial charge on any atom is -0.497 e. The Kier molecular flexibility index (Phi) is 6.69. The van der Waals surface area contributed by atoms with Crippen molar-refractivity contribution in [3.8, 4) is 5.75 Å². The van der Waals surface area contributed by atoms with Gasteiger partial charge >= 0.3 is 0 Å². The molecule has 21 heavy (non-hydrogen) atoms. The van der Waals surface area contributed by atoms with E-state index in [1.807, 2.05) is 38.4 Å². The van der Waals surface area contributed by atoms with Crippen molar-refractivity contribution in [2.45, 2.75) is 26.7 Å². The molecule has 1 aromatic carbocycles. The van der Waals surface area contributed by atoms with Gasteiger partial charge in [-0.2, -0.15) is 0 Å². The molecule has 1 amide bonds. The van der Waals surface area contributed by atoms with Crippen molar-refractivity contribution < 1.29 is 9.53 Å². The van der Waals surface area contributed by atoms with Crippen LogP contribution in [0.1, 0.15) is 25.8 Å². The number of nitrogens with zero attached hydrogens (tertiary/aromatic N) is 1. The van der Waals surface area contributed by atoms with Crippen LogP contribution in [-0.4, -0.2) is 45.1 Å². The Morgan fingerprint density at radius 3 is 2.67 bits per heavy atom. The van der Waals surface area contributed by atoms with Gasteiger partial charge in [-0.05, 0) is 43.6 Å². The van der Waals surface area contributed by atoms with Crippen LogP contribution >= 0.6 is 0 Å². The number of methoxy groups -OCH3 is 1. The predicted octanol–water partition coefficient (Wildman–Crippen LogP) is 2.33. The first-order valence-corrected chi connectivity index (χ1v) is 7.37. The van der Waals surface area contributed by atoms with Crippen molar-refractivity contribution in [1.29, 1.82) is 0 Å². The van der Waals surface area contributed by atoms with Crippen molar-refractivity contribution in [2.24, 2.45) is 5.41 Å². The molecule has 0 fully saturated rings. The highest BCUT2D eigenvalue weighted by Gasteiger charge is 2.19. The molecule has 0 bridgehead atoms. The number of rotatable bonds is 8. The highest BCUT2D eigenvalue weighted by molar-refractivity contribution is 5.76. The van der Waals surface area contributed by atoms with E-state index < -0.39 is 0 Å². The summed E-state index contributed by atoms with van der Waals surface area (Å²) >= 11 is 0. The van der Waals surface area contributed by atoms with Crippen LogP contribution in [0.2, 0.25) is 0 Å². The van der Waals surface area contributed by atoms with Gasteiger partial charge < -0.3 is 15.0 Å². The third-order valence-corrected chi connectivity index (χ3v) is 3.28. The number of carbonyl (C=O) groups excluding carboxylic acids is 1. The Bertz CT molecular complexity index is 456. The number of amides is 1. The normalized spacial score (nSPS) is 11.5. The molecule has 0 heterocycles. The third-order valence-electron chi connectivity index (χ3n) is 3.28. The molecule has 0 unspecified atom stereocenters. The first-order chi connectivity index (χ1) is 9.82. The summed E-state index contributed by atoms with van der Waals surface area (Å²) in [6.07, 6.45) is 1.24. The lowest BCUT2D eigenvalue weighted by Gasteiger charge is -2.28. The Morgan fingerprint density at radius 2 is 2.05 bits per heavy atom. The number of aryl methyl sites for hydroxylation is 1. The largest absolute Gasteiger partial charge is 0.497 e. The lowest BCUT2D eigenvalue weighted by Crippen LogP contribution is -2.40. The van der Waals surface area contributed by atoms with E-state index in [1.54, 1.807) is 7.11 Å². The van der Waals surface area contributed by atoms with Crippen LogP contribution in [0.25, 0.3) is 0 Å². The zero-order valence-corrected chi connectivity index (χ0v) is 13.9. The number of hydrogen-bond donors (Lipinski definition) is 1. The Balaban J connectivity index is 2.37. The predicted molar refractivity (Wildman–Crippen MR) is 86.7 cm³/mol. The second-order valence-electron chi connectivity index (χ2n) is 6.53. The maximum Gasteiger partial charge on any atom is 0.220 e.